The van der Waals surface area contributed by atoms with Gasteiger partial charge in [-0.3, -0.25) is 0 Å². The lowest BCUT2D eigenvalue weighted by Gasteiger charge is -2.30. The van der Waals surface area contributed by atoms with Crippen LogP contribution < -0.4 is 4.90 Å². The molecule has 1 unspecified atom stereocenters. The topological polar surface area (TPSA) is 99.3 Å². The van der Waals surface area contributed by atoms with Crippen LogP contribution in [0.25, 0.3) is 21.9 Å². The predicted molar refractivity (Wildman–Crippen MR) is 175 cm³/mol. The molecular formula is C37H38N6. The lowest BCUT2D eigenvalue weighted by Crippen LogP contribution is -2.31. The maximum Gasteiger partial charge on any atom is 0.121 e. The summed E-state index contributed by atoms with van der Waals surface area (Å²) in [5, 5.41) is 40.5. The zero-order chi connectivity index (χ0) is 30.8. The van der Waals surface area contributed by atoms with Crippen LogP contribution in [0.15, 0.2) is 77.0 Å². The van der Waals surface area contributed by atoms with Crippen molar-refractivity contribution in [3.05, 3.63) is 89.0 Å². The van der Waals surface area contributed by atoms with Crippen LogP contribution in [-0.4, -0.2) is 13.1 Å². The van der Waals surface area contributed by atoms with E-state index >= 15 is 0 Å². The Bertz CT molecular complexity index is 1710. The molecule has 0 aliphatic carbocycles. The molecule has 0 N–H and O–H groups in total. The van der Waals surface area contributed by atoms with Gasteiger partial charge in [0.1, 0.15) is 17.8 Å². The van der Waals surface area contributed by atoms with Crippen molar-refractivity contribution in [2.75, 3.05) is 18.0 Å². The average Bonchev–Trinajstić information content (AvgIpc) is 3.04. The molecule has 0 saturated carbocycles. The summed E-state index contributed by atoms with van der Waals surface area (Å²) in [5.74, 6) is 0.573. The molecular weight excluding hydrogens is 528 g/mol. The fraction of sp³-hybridized carbons (Fsp3) is 0.324. The molecule has 4 aromatic rings. The largest absolute Gasteiger partial charge is 0.370 e. The first-order chi connectivity index (χ1) is 20.9. The van der Waals surface area contributed by atoms with Crippen molar-refractivity contribution < 1.29 is 0 Å². The van der Waals surface area contributed by atoms with Crippen molar-refractivity contribution in [1.82, 2.24) is 0 Å². The summed E-state index contributed by atoms with van der Waals surface area (Å²) in [6, 6.07) is 28.6. The van der Waals surface area contributed by atoms with E-state index in [2.05, 4.69) is 60.2 Å². The van der Waals surface area contributed by atoms with E-state index in [0.717, 1.165) is 51.7 Å². The Morgan fingerprint density at radius 1 is 0.837 bits per heavy atom. The van der Waals surface area contributed by atoms with Gasteiger partial charge in [0.2, 0.25) is 0 Å². The normalized spacial score (nSPS) is 11.7. The number of hydrogen-bond donors (Lipinski definition) is 0. The molecule has 0 heterocycles. The molecule has 6 nitrogen and oxygen atoms in total. The van der Waals surface area contributed by atoms with Gasteiger partial charge in [-0.05, 0) is 83.5 Å². The monoisotopic (exact) mass is 566 g/mol. The highest BCUT2D eigenvalue weighted by Crippen LogP contribution is 2.36. The summed E-state index contributed by atoms with van der Waals surface area (Å²) in [6.07, 6.45) is 5.14. The van der Waals surface area contributed by atoms with Gasteiger partial charge in [0.15, 0.2) is 0 Å². The van der Waals surface area contributed by atoms with Crippen LogP contribution >= 0.6 is 0 Å². The molecule has 0 aliphatic rings. The summed E-state index contributed by atoms with van der Waals surface area (Å²) in [5.41, 5.74) is 6.41. The summed E-state index contributed by atoms with van der Waals surface area (Å²) in [4.78, 5) is 2.34. The second kappa shape index (κ2) is 14.8. The van der Waals surface area contributed by atoms with Crippen molar-refractivity contribution in [2.24, 2.45) is 16.1 Å². The molecule has 43 heavy (non-hydrogen) atoms. The number of benzene rings is 4. The molecule has 1 atom stereocenters. The number of azo groups is 1. The minimum Gasteiger partial charge on any atom is -0.370 e. The Kier molecular flexibility index (Phi) is 10.6. The van der Waals surface area contributed by atoms with Crippen LogP contribution in [-0.2, 0) is 0 Å². The van der Waals surface area contributed by atoms with E-state index in [1.54, 1.807) is 12.1 Å². The van der Waals surface area contributed by atoms with Crippen molar-refractivity contribution in [3.63, 3.8) is 0 Å². The van der Waals surface area contributed by atoms with Gasteiger partial charge < -0.3 is 4.90 Å². The third-order valence-electron chi connectivity index (χ3n) is 8.08. The highest BCUT2D eigenvalue weighted by Gasteiger charge is 2.18. The number of aryl methyl sites for hydroxylation is 2. The van der Waals surface area contributed by atoms with Crippen LogP contribution in [0.3, 0.4) is 0 Å². The Morgan fingerprint density at radius 3 is 2.23 bits per heavy atom. The number of fused-ring (bicyclic) bond motifs is 1. The molecule has 4 aromatic carbocycles. The molecule has 0 saturated heterocycles. The molecule has 0 fully saturated rings. The number of nitrogens with zero attached hydrogens (tertiary/aromatic N) is 6. The van der Waals surface area contributed by atoms with E-state index in [4.69, 9.17) is 0 Å². The van der Waals surface area contributed by atoms with E-state index in [0.29, 0.717) is 35.7 Å². The van der Waals surface area contributed by atoms with E-state index in [1.165, 1.54) is 19.3 Å². The van der Waals surface area contributed by atoms with Crippen molar-refractivity contribution in [2.45, 2.75) is 59.8 Å². The lowest BCUT2D eigenvalue weighted by molar-refractivity contribution is 0.446. The maximum atomic E-state index is 10.0. The molecule has 0 radical (unpaired) electrons. The number of nitriles is 3. The second-order valence-corrected chi connectivity index (χ2v) is 11.1. The van der Waals surface area contributed by atoms with Gasteiger partial charge in [-0.1, -0.05) is 75.6 Å². The number of unbranched alkanes of at least 4 members (excludes halogenated alkanes) is 1. The van der Waals surface area contributed by atoms with Crippen molar-refractivity contribution in [3.8, 4) is 29.3 Å². The minimum atomic E-state index is 0.271. The minimum absolute atomic E-state index is 0.271. The van der Waals surface area contributed by atoms with E-state index in [9.17, 15) is 15.8 Å². The van der Waals surface area contributed by atoms with Crippen LogP contribution in [0.2, 0.25) is 0 Å². The average molecular weight is 567 g/mol. The smallest absolute Gasteiger partial charge is 0.121 e. The molecule has 0 aliphatic heterocycles. The maximum absolute atomic E-state index is 10.0. The van der Waals surface area contributed by atoms with Gasteiger partial charge >= 0.3 is 0 Å². The predicted octanol–water partition coefficient (Wildman–Crippen LogP) is 10.2. The standard InChI is InChI=1S/C37H38N6/c1-5-7-12-28(6-2)25-43(18-11-17-38)36-20-26(3)35(19-27(36)4)41-42-37-31(23-39)21-30(22-32(37)24-40)34-16-10-14-29-13-8-9-15-33(29)34/h8-10,13-16,19-22,28H,5-7,11-12,18,25H2,1-4H3. The first-order valence-electron chi connectivity index (χ1n) is 15.0. The SMILES string of the molecule is CCCCC(CC)CN(CCC#N)c1cc(C)c(N=Nc2c(C#N)cc(-c3cccc4ccccc34)cc2C#N)cc1C. The second-order valence-electron chi connectivity index (χ2n) is 11.1. The molecule has 0 bridgehead atoms. The number of anilines is 1. The lowest BCUT2D eigenvalue weighted by atomic mass is 9.94. The van der Waals surface area contributed by atoms with Crippen LogP contribution in [0, 0.1) is 53.8 Å². The molecule has 216 valence electrons. The summed E-state index contributed by atoms with van der Waals surface area (Å²) >= 11 is 0. The Morgan fingerprint density at radius 2 is 1.56 bits per heavy atom. The molecule has 6 heteroatoms. The van der Waals surface area contributed by atoms with Gasteiger partial charge in [-0.15, -0.1) is 5.11 Å². The Labute approximate surface area is 255 Å². The first-order valence-corrected chi connectivity index (χ1v) is 15.0. The fourth-order valence-electron chi connectivity index (χ4n) is 5.61. The van der Waals surface area contributed by atoms with Crippen molar-refractivity contribution in [1.29, 1.82) is 15.8 Å². The van der Waals surface area contributed by atoms with E-state index in [-0.39, 0.29) is 5.69 Å². The fourth-order valence-corrected chi connectivity index (χ4v) is 5.61. The first kappa shape index (κ1) is 31.0. The van der Waals surface area contributed by atoms with Crippen LogP contribution in [0.1, 0.15) is 68.2 Å². The summed E-state index contributed by atoms with van der Waals surface area (Å²) in [6.45, 7) is 10.1. The van der Waals surface area contributed by atoms with Gasteiger partial charge in [-0.2, -0.15) is 20.9 Å². The quantitative estimate of drug-likeness (QED) is 0.159. The highest BCUT2D eigenvalue weighted by atomic mass is 15.1. The van der Waals surface area contributed by atoms with Gasteiger partial charge in [0.05, 0.1) is 29.3 Å². The van der Waals surface area contributed by atoms with Crippen LogP contribution in [0.4, 0.5) is 17.1 Å². The summed E-state index contributed by atoms with van der Waals surface area (Å²) in [7, 11) is 0. The Balaban J connectivity index is 1.69. The van der Waals surface area contributed by atoms with Gasteiger partial charge in [0.25, 0.3) is 0 Å². The third kappa shape index (κ3) is 7.27. The Hall–Kier alpha value is -4.99. The van der Waals surface area contributed by atoms with Crippen LogP contribution in [0.5, 0.6) is 0 Å². The number of rotatable bonds is 12. The summed E-state index contributed by atoms with van der Waals surface area (Å²) < 4.78 is 0. The highest BCUT2D eigenvalue weighted by molar-refractivity contribution is 5.97. The third-order valence-corrected chi connectivity index (χ3v) is 8.08. The zero-order valence-electron chi connectivity index (χ0n) is 25.6. The van der Waals surface area contributed by atoms with E-state index < -0.39 is 0 Å². The van der Waals surface area contributed by atoms with Gasteiger partial charge in [0, 0.05) is 18.8 Å². The van der Waals surface area contributed by atoms with Gasteiger partial charge in [-0.25, -0.2) is 0 Å². The molecule has 0 aromatic heterocycles. The zero-order valence-corrected chi connectivity index (χ0v) is 25.6. The molecule has 4 rings (SSSR count). The molecule has 0 spiro atoms. The van der Waals surface area contributed by atoms with E-state index in [1.807, 2.05) is 55.5 Å². The number of hydrogen-bond acceptors (Lipinski definition) is 6. The van der Waals surface area contributed by atoms with Crippen molar-refractivity contribution >= 4 is 27.8 Å². The molecule has 0 amide bonds.